The first-order valence-corrected chi connectivity index (χ1v) is 10.9. The SMILES string of the molecule is Cc1cc(Br)ccc1SCC(=O)N(C1CCS(=O)(=O)C1)N(C)C. The second kappa shape index (κ2) is 7.55. The first-order valence-electron chi connectivity index (χ1n) is 7.28. The Labute approximate surface area is 150 Å². The van der Waals surface area contributed by atoms with Crippen LogP contribution in [-0.2, 0) is 14.6 Å². The molecule has 0 aliphatic carbocycles. The fourth-order valence-corrected chi connectivity index (χ4v) is 5.73. The Kier molecular flexibility index (Phi) is 6.16. The van der Waals surface area contributed by atoms with Gasteiger partial charge in [-0.15, -0.1) is 11.8 Å². The highest BCUT2D eigenvalue weighted by molar-refractivity contribution is 9.10. The lowest BCUT2D eigenvalue weighted by molar-refractivity contribution is -0.145. The Morgan fingerprint density at radius 2 is 2.09 bits per heavy atom. The molecule has 1 aromatic carbocycles. The summed E-state index contributed by atoms with van der Waals surface area (Å²) in [7, 11) is 0.534. The number of nitrogens with zero attached hydrogens (tertiary/aromatic N) is 2. The van der Waals surface area contributed by atoms with Crippen LogP contribution in [0.15, 0.2) is 27.6 Å². The van der Waals surface area contributed by atoms with Crippen LogP contribution < -0.4 is 0 Å². The third kappa shape index (κ3) is 4.95. The summed E-state index contributed by atoms with van der Waals surface area (Å²) in [5.41, 5.74) is 1.11. The molecule has 1 aliphatic heterocycles. The molecule has 0 N–H and O–H groups in total. The normalized spacial score (nSPS) is 20.0. The van der Waals surface area contributed by atoms with E-state index in [-0.39, 0.29) is 29.2 Å². The third-order valence-corrected chi connectivity index (χ3v) is 7.13. The summed E-state index contributed by atoms with van der Waals surface area (Å²) in [5.74, 6) is 0.439. The summed E-state index contributed by atoms with van der Waals surface area (Å²) in [6, 6.07) is 5.69. The number of thioether (sulfide) groups is 1. The molecule has 0 aromatic heterocycles. The Balaban J connectivity index is 2.04. The molecule has 2 rings (SSSR count). The minimum Gasteiger partial charge on any atom is -0.272 e. The van der Waals surface area contributed by atoms with Crippen molar-refractivity contribution in [2.75, 3.05) is 31.4 Å². The molecule has 0 bridgehead atoms. The Bertz CT molecular complexity index is 692. The van der Waals surface area contributed by atoms with Crippen LogP contribution in [0.4, 0.5) is 0 Å². The number of halogens is 1. The zero-order valence-corrected chi connectivity index (χ0v) is 16.7. The van der Waals surface area contributed by atoms with Gasteiger partial charge >= 0.3 is 0 Å². The Morgan fingerprint density at radius 3 is 2.61 bits per heavy atom. The smallest absolute Gasteiger partial charge is 0.247 e. The molecule has 1 amide bonds. The maximum Gasteiger partial charge on any atom is 0.247 e. The van der Waals surface area contributed by atoms with Crippen molar-refractivity contribution in [1.82, 2.24) is 10.0 Å². The monoisotopic (exact) mass is 420 g/mol. The highest BCUT2D eigenvalue weighted by Gasteiger charge is 2.35. The van der Waals surface area contributed by atoms with Crippen molar-refractivity contribution in [3.05, 3.63) is 28.2 Å². The number of carbonyl (C=O) groups excluding carboxylic acids is 1. The van der Waals surface area contributed by atoms with Gasteiger partial charge in [0.05, 0.1) is 23.3 Å². The van der Waals surface area contributed by atoms with Crippen LogP contribution in [0, 0.1) is 6.92 Å². The van der Waals surface area contributed by atoms with E-state index in [1.54, 1.807) is 24.1 Å². The van der Waals surface area contributed by atoms with E-state index in [9.17, 15) is 13.2 Å². The molecule has 0 saturated carbocycles. The van der Waals surface area contributed by atoms with Crippen molar-refractivity contribution in [3.8, 4) is 0 Å². The lowest BCUT2D eigenvalue weighted by Gasteiger charge is -2.33. The van der Waals surface area contributed by atoms with E-state index in [0.717, 1.165) is 14.9 Å². The number of hydrogen-bond acceptors (Lipinski definition) is 5. The molecule has 1 saturated heterocycles. The van der Waals surface area contributed by atoms with E-state index >= 15 is 0 Å². The first-order chi connectivity index (χ1) is 10.7. The van der Waals surface area contributed by atoms with Gasteiger partial charge in [0, 0.05) is 23.5 Å². The van der Waals surface area contributed by atoms with Gasteiger partial charge in [-0.3, -0.25) is 9.80 Å². The van der Waals surface area contributed by atoms with E-state index in [2.05, 4.69) is 15.9 Å². The predicted molar refractivity (Wildman–Crippen MR) is 97.2 cm³/mol. The van der Waals surface area contributed by atoms with Crippen molar-refractivity contribution in [2.24, 2.45) is 0 Å². The molecule has 128 valence electrons. The molecular formula is C15H21BrN2O3S2. The zero-order valence-electron chi connectivity index (χ0n) is 13.5. The molecule has 5 nitrogen and oxygen atoms in total. The highest BCUT2D eigenvalue weighted by Crippen LogP contribution is 2.26. The summed E-state index contributed by atoms with van der Waals surface area (Å²) < 4.78 is 24.4. The van der Waals surface area contributed by atoms with Crippen LogP contribution in [-0.4, -0.2) is 61.7 Å². The Morgan fingerprint density at radius 1 is 1.39 bits per heavy atom. The third-order valence-electron chi connectivity index (χ3n) is 3.73. The number of rotatable bonds is 5. The van der Waals surface area contributed by atoms with Crippen LogP contribution in [0.5, 0.6) is 0 Å². The maximum atomic E-state index is 12.6. The van der Waals surface area contributed by atoms with Crippen LogP contribution in [0.3, 0.4) is 0 Å². The molecule has 0 radical (unpaired) electrons. The highest BCUT2D eigenvalue weighted by atomic mass is 79.9. The lowest BCUT2D eigenvalue weighted by Crippen LogP contribution is -2.50. The summed E-state index contributed by atoms with van der Waals surface area (Å²) in [5, 5.41) is 3.29. The molecule has 1 atom stereocenters. The van der Waals surface area contributed by atoms with E-state index < -0.39 is 9.84 Å². The Hall–Kier alpha value is -0.570. The predicted octanol–water partition coefficient (Wildman–Crippen LogP) is 2.34. The number of amides is 1. The van der Waals surface area contributed by atoms with E-state index in [0.29, 0.717) is 6.42 Å². The topological polar surface area (TPSA) is 57.7 Å². The number of carbonyl (C=O) groups is 1. The number of benzene rings is 1. The van der Waals surface area contributed by atoms with Gasteiger partial charge in [-0.1, -0.05) is 15.9 Å². The summed E-state index contributed by atoms with van der Waals surface area (Å²) >= 11 is 4.91. The maximum absolute atomic E-state index is 12.6. The van der Waals surface area contributed by atoms with Crippen LogP contribution in [0.25, 0.3) is 0 Å². The molecule has 1 fully saturated rings. The van der Waals surface area contributed by atoms with Gasteiger partial charge in [0.15, 0.2) is 9.84 Å². The average Bonchev–Trinajstić information content (AvgIpc) is 2.77. The van der Waals surface area contributed by atoms with Gasteiger partial charge in [0.25, 0.3) is 0 Å². The molecule has 1 aromatic rings. The minimum atomic E-state index is -3.02. The average molecular weight is 421 g/mol. The van der Waals surface area contributed by atoms with Gasteiger partial charge in [-0.25, -0.2) is 13.4 Å². The largest absolute Gasteiger partial charge is 0.272 e. The number of aryl methyl sites for hydroxylation is 1. The van der Waals surface area contributed by atoms with Gasteiger partial charge < -0.3 is 0 Å². The van der Waals surface area contributed by atoms with Crippen molar-refractivity contribution in [3.63, 3.8) is 0 Å². The van der Waals surface area contributed by atoms with Crippen molar-refractivity contribution >= 4 is 43.4 Å². The second-order valence-electron chi connectivity index (χ2n) is 5.84. The van der Waals surface area contributed by atoms with Crippen molar-refractivity contribution < 1.29 is 13.2 Å². The first kappa shape index (κ1) is 18.8. The van der Waals surface area contributed by atoms with Crippen LogP contribution in [0.2, 0.25) is 0 Å². The van der Waals surface area contributed by atoms with E-state index in [4.69, 9.17) is 0 Å². The summed E-state index contributed by atoms with van der Waals surface area (Å²) in [6.07, 6.45) is 0.508. The molecule has 8 heteroatoms. The molecule has 23 heavy (non-hydrogen) atoms. The van der Waals surface area contributed by atoms with Gasteiger partial charge in [-0.05, 0) is 37.1 Å². The van der Waals surface area contributed by atoms with Gasteiger partial charge in [0.1, 0.15) is 0 Å². The van der Waals surface area contributed by atoms with Crippen molar-refractivity contribution in [1.29, 1.82) is 0 Å². The van der Waals surface area contributed by atoms with Gasteiger partial charge in [0.2, 0.25) is 5.91 Å². The fourth-order valence-electron chi connectivity index (χ4n) is 2.70. The van der Waals surface area contributed by atoms with Crippen molar-refractivity contribution in [2.45, 2.75) is 24.3 Å². The second-order valence-corrected chi connectivity index (χ2v) is 10.0. The zero-order chi connectivity index (χ0) is 17.2. The molecular weight excluding hydrogens is 400 g/mol. The number of sulfone groups is 1. The molecule has 1 heterocycles. The number of hydrazine groups is 1. The quantitative estimate of drug-likeness (QED) is 0.540. The minimum absolute atomic E-state index is 0.0545. The molecule has 1 unspecified atom stereocenters. The fraction of sp³-hybridized carbons (Fsp3) is 0.533. The van der Waals surface area contributed by atoms with E-state index in [1.807, 2.05) is 25.1 Å². The summed E-state index contributed by atoms with van der Waals surface area (Å²) in [4.78, 5) is 13.6. The lowest BCUT2D eigenvalue weighted by atomic mass is 10.2. The number of hydrogen-bond donors (Lipinski definition) is 0. The summed E-state index contributed by atoms with van der Waals surface area (Å²) in [6.45, 7) is 2.00. The van der Waals surface area contributed by atoms with E-state index in [1.165, 1.54) is 11.8 Å². The van der Waals surface area contributed by atoms with Gasteiger partial charge in [-0.2, -0.15) is 0 Å². The van der Waals surface area contributed by atoms with Crippen LogP contribution in [0.1, 0.15) is 12.0 Å². The molecule has 1 aliphatic rings. The molecule has 0 spiro atoms. The van der Waals surface area contributed by atoms with Crippen LogP contribution >= 0.6 is 27.7 Å². The standard InChI is InChI=1S/C15H21BrN2O3S2/c1-11-8-12(16)4-5-14(11)22-9-15(19)18(17(2)3)13-6-7-23(20,21)10-13/h4-5,8,13H,6-7,9-10H2,1-3H3.